The molecule has 1 aliphatic heterocycles. The average molecular weight is 231 g/mol. The van der Waals surface area contributed by atoms with Crippen molar-refractivity contribution in [1.29, 1.82) is 0 Å². The normalized spacial score (nSPS) is 20.4. The number of fused-ring (bicyclic) bond motifs is 1. The van der Waals surface area contributed by atoms with Crippen LogP contribution in [-0.2, 0) is 11.2 Å². The van der Waals surface area contributed by atoms with Crippen LogP contribution in [0.4, 0.5) is 10.1 Å². The third-order valence-corrected chi connectivity index (χ3v) is 2.50. The summed E-state index contributed by atoms with van der Waals surface area (Å²) >= 11 is 5.65. The maximum Gasteiger partial charge on any atom is 0.268 e. The quantitative estimate of drug-likeness (QED) is 0.656. The molecular formula is C9H8ClFN2O2. The van der Waals surface area contributed by atoms with E-state index in [2.05, 4.69) is 0 Å². The third-order valence-electron chi connectivity index (χ3n) is 2.28. The van der Waals surface area contributed by atoms with Gasteiger partial charge in [-0.3, -0.25) is 10.0 Å². The summed E-state index contributed by atoms with van der Waals surface area (Å²) in [6.45, 7) is 0. The first-order valence-electron chi connectivity index (χ1n) is 4.27. The van der Waals surface area contributed by atoms with Gasteiger partial charge in [0.2, 0.25) is 0 Å². The Morgan fingerprint density at radius 1 is 1.60 bits per heavy atom. The standard InChI is InChI=1S/C9H8ClFN2O2/c10-5-1-4-2-7(12)9(14)13(15)8(4)6(11)3-5/h1,3,7,15H,2,12H2/t7-/m0/s1. The van der Waals surface area contributed by atoms with E-state index in [1.54, 1.807) is 0 Å². The molecule has 1 aliphatic rings. The van der Waals surface area contributed by atoms with Crippen molar-refractivity contribution in [2.75, 3.05) is 5.06 Å². The summed E-state index contributed by atoms with van der Waals surface area (Å²) < 4.78 is 13.4. The second-order valence-electron chi connectivity index (χ2n) is 3.36. The predicted octanol–water partition coefficient (Wildman–Crippen LogP) is 1.08. The second kappa shape index (κ2) is 3.44. The summed E-state index contributed by atoms with van der Waals surface area (Å²) in [5.74, 6) is -1.45. The Balaban J connectivity index is 2.60. The highest BCUT2D eigenvalue weighted by Crippen LogP contribution is 2.31. The lowest BCUT2D eigenvalue weighted by atomic mass is 9.99. The van der Waals surface area contributed by atoms with Gasteiger partial charge in [0.05, 0.1) is 6.04 Å². The Morgan fingerprint density at radius 2 is 2.27 bits per heavy atom. The van der Waals surface area contributed by atoms with E-state index in [0.29, 0.717) is 5.56 Å². The summed E-state index contributed by atoms with van der Waals surface area (Å²) in [7, 11) is 0. The second-order valence-corrected chi connectivity index (χ2v) is 3.79. The van der Waals surface area contributed by atoms with Gasteiger partial charge in [0.25, 0.3) is 5.91 Å². The van der Waals surface area contributed by atoms with Crippen molar-refractivity contribution >= 4 is 23.2 Å². The van der Waals surface area contributed by atoms with Gasteiger partial charge in [0.15, 0.2) is 5.82 Å². The Morgan fingerprint density at radius 3 is 2.93 bits per heavy atom. The van der Waals surface area contributed by atoms with Gasteiger partial charge < -0.3 is 5.73 Å². The molecule has 0 aromatic heterocycles. The maximum atomic E-state index is 13.4. The van der Waals surface area contributed by atoms with Crippen LogP contribution in [0, 0.1) is 5.82 Å². The summed E-state index contributed by atoms with van der Waals surface area (Å²) in [6.07, 6.45) is 0.169. The van der Waals surface area contributed by atoms with Gasteiger partial charge in [0.1, 0.15) is 5.69 Å². The van der Waals surface area contributed by atoms with Crippen molar-refractivity contribution in [3.8, 4) is 0 Å². The molecule has 0 bridgehead atoms. The van der Waals surface area contributed by atoms with Crippen LogP contribution in [0.5, 0.6) is 0 Å². The molecule has 0 saturated carbocycles. The molecule has 80 valence electrons. The predicted molar refractivity (Wildman–Crippen MR) is 52.4 cm³/mol. The highest BCUT2D eigenvalue weighted by atomic mass is 35.5. The lowest BCUT2D eigenvalue weighted by molar-refractivity contribution is -0.125. The first kappa shape index (κ1) is 10.4. The summed E-state index contributed by atoms with van der Waals surface area (Å²) in [5, 5.41) is 9.85. The zero-order valence-electron chi connectivity index (χ0n) is 7.58. The van der Waals surface area contributed by atoms with Crippen molar-refractivity contribution in [1.82, 2.24) is 0 Å². The van der Waals surface area contributed by atoms with Crippen LogP contribution < -0.4 is 10.8 Å². The number of benzene rings is 1. The van der Waals surface area contributed by atoms with Crippen LogP contribution in [0.2, 0.25) is 5.02 Å². The van der Waals surface area contributed by atoms with Gasteiger partial charge in [-0.15, -0.1) is 0 Å². The zero-order chi connectivity index (χ0) is 11.2. The fourth-order valence-corrected chi connectivity index (χ4v) is 1.83. The minimum absolute atomic E-state index is 0.161. The molecule has 0 unspecified atom stereocenters. The Bertz CT molecular complexity index is 438. The van der Waals surface area contributed by atoms with Crippen LogP contribution in [0.15, 0.2) is 12.1 Å². The molecule has 3 N–H and O–H groups in total. The van der Waals surface area contributed by atoms with Crippen molar-refractivity contribution < 1.29 is 14.4 Å². The van der Waals surface area contributed by atoms with Gasteiger partial charge in [-0.25, -0.2) is 4.39 Å². The largest absolute Gasteiger partial charge is 0.320 e. The molecule has 0 saturated heterocycles. The van der Waals surface area contributed by atoms with Gasteiger partial charge in [0, 0.05) is 5.02 Å². The summed E-state index contributed by atoms with van der Waals surface area (Å²) in [5.41, 5.74) is 5.73. The third kappa shape index (κ3) is 1.58. The van der Waals surface area contributed by atoms with Crippen molar-refractivity contribution in [3.05, 3.63) is 28.5 Å². The number of carbonyl (C=O) groups is 1. The van der Waals surface area contributed by atoms with Crippen molar-refractivity contribution in [2.45, 2.75) is 12.5 Å². The van der Waals surface area contributed by atoms with Gasteiger partial charge in [-0.1, -0.05) is 11.6 Å². The fraction of sp³-hybridized carbons (Fsp3) is 0.222. The van der Waals surface area contributed by atoms with E-state index < -0.39 is 17.8 Å². The molecule has 1 heterocycles. The van der Waals surface area contributed by atoms with Gasteiger partial charge in [-0.2, -0.15) is 5.06 Å². The van der Waals surface area contributed by atoms with Crippen LogP contribution in [-0.4, -0.2) is 17.2 Å². The number of nitrogens with two attached hydrogens (primary N) is 1. The molecule has 15 heavy (non-hydrogen) atoms. The smallest absolute Gasteiger partial charge is 0.268 e. The zero-order valence-corrected chi connectivity index (χ0v) is 8.33. The number of hydroxylamine groups is 1. The van der Waals surface area contributed by atoms with Crippen LogP contribution in [0.1, 0.15) is 5.56 Å². The minimum atomic E-state index is -0.861. The topological polar surface area (TPSA) is 66.6 Å². The molecule has 1 amide bonds. The average Bonchev–Trinajstić information content (AvgIpc) is 2.13. The van der Waals surface area contributed by atoms with E-state index in [9.17, 15) is 14.4 Å². The maximum absolute atomic E-state index is 13.4. The number of amides is 1. The fourth-order valence-electron chi connectivity index (χ4n) is 1.60. The molecule has 2 rings (SSSR count). The molecule has 4 nitrogen and oxygen atoms in total. The van der Waals surface area contributed by atoms with Crippen LogP contribution >= 0.6 is 11.6 Å². The van der Waals surface area contributed by atoms with E-state index in [4.69, 9.17) is 17.3 Å². The van der Waals surface area contributed by atoms with E-state index in [1.165, 1.54) is 6.07 Å². The molecule has 0 fully saturated rings. The highest BCUT2D eigenvalue weighted by Gasteiger charge is 2.32. The molecule has 1 aromatic rings. The molecule has 0 aliphatic carbocycles. The number of hydrogen-bond donors (Lipinski definition) is 2. The van der Waals surface area contributed by atoms with Gasteiger partial charge in [-0.05, 0) is 24.1 Å². The Kier molecular flexibility index (Phi) is 2.38. The molecule has 6 heteroatoms. The van der Waals surface area contributed by atoms with E-state index in [0.717, 1.165) is 6.07 Å². The highest BCUT2D eigenvalue weighted by molar-refractivity contribution is 6.30. The van der Waals surface area contributed by atoms with E-state index >= 15 is 0 Å². The number of hydrogen-bond acceptors (Lipinski definition) is 3. The molecule has 0 radical (unpaired) electrons. The van der Waals surface area contributed by atoms with E-state index in [-0.39, 0.29) is 22.2 Å². The number of carbonyl (C=O) groups excluding carboxylic acids is 1. The SMILES string of the molecule is N[C@H]1Cc2cc(Cl)cc(F)c2N(O)C1=O. The van der Waals surface area contributed by atoms with Gasteiger partial charge >= 0.3 is 0 Å². The number of rotatable bonds is 0. The lowest BCUT2D eigenvalue weighted by Crippen LogP contribution is -2.47. The molecular weight excluding hydrogens is 223 g/mol. The summed E-state index contributed by atoms with van der Waals surface area (Å²) in [6, 6.07) is 1.66. The lowest BCUT2D eigenvalue weighted by Gasteiger charge is -2.27. The van der Waals surface area contributed by atoms with Crippen LogP contribution in [0.25, 0.3) is 0 Å². The Labute approximate surface area is 90.0 Å². The summed E-state index contributed by atoms with van der Waals surface area (Å²) in [4.78, 5) is 11.3. The molecule has 0 spiro atoms. The van der Waals surface area contributed by atoms with Crippen molar-refractivity contribution in [3.63, 3.8) is 0 Å². The molecule has 1 atom stereocenters. The monoisotopic (exact) mass is 230 g/mol. The number of halogens is 2. The first-order valence-corrected chi connectivity index (χ1v) is 4.65. The van der Waals surface area contributed by atoms with E-state index in [1.807, 2.05) is 0 Å². The first-order chi connectivity index (χ1) is 7.00. The van der Waals surface area contributed by atoms with Crippen LogP contribution in [0.3, 0.4) is 0 Å². The van der Waals surface area contributed by atoms with Crippen molar-refractivity contribution in [2.24, 2.45) is 5.73 Å². The number of anilines is 1. The Hall–Kier alpha value is -1.17. The minimum Gasteiger partial charge on any atom is -0.320 e. The molecule has 1 aromatic carbocycles. The number of nitrogens with zero attached hydrogens (tertiary/aromatic N) is 1.